The minimum absolute atomic E-state index is 0.0275. The van der Waals surface area contributed by atoms with Crippen LogP contribution in [0.2, 0.25) is 0 Å². The lowest BCUT2D eigenvalue weighted by atomic mass is 9.86. The number of thiophene rings is 1. The highest BCUT2D eigenvalue weighted by atomic mass is 32.1. The van der Waals surface area contributed by atoms with Crippen LogP contribution in [0.1, 0.15) is 56.9 Å². The van der Waals surface area contributed by atoms with Gasteiger partial charge in [0, 0.05) is 21.9 Å². The second kappa shape index (κ2) is 11.2. The fraction of sp³-hybridized carbons (Fsp3) is 0.379. The molecule has 0 radical (unpaired) electrons. The van der Waals surface area contributed by atoms with Gasteiger partial charge < -0.3 is 19.9 Å². The van der Waals surface area contributed by atoms with Gasteiger partial charge in [-0.3, -0.25) is 9.59 Å². The molecule has 36 heavy (non-hydrogen) atoms. The van der Waals surface area contributed by atoms with Crippen LogP contribution in [0.15, 0.2) is 42.5 Å². The summed E-state index contributed by atoms with van der Waals surface area (Å²) in [5, 5.41) is 12.4. The number of carbonyl (C=O) groups is 2. The lowest BCUT2D eigenvalue weighted by molar-refractivity contribution is -0.142. The van der Waals surface area contributed by atoms with E-state index in [0.29, 0.717) is 32.1 Å². The van der Waals surface area contributed by atoms with Gasteiger partial charge in [0.25, 0.3) is 5.91 Å². The van der Waals surface area contributed by atoms with Gasteiger partial charge in [-0.2, -0.15) is 0 Å². The quantitative estimate of drug-likeness (QED) is 0.390. The summed E-state index contributed by atoms with van der Waals surface area (Å²) in [5.74, 6) is 0.406. The molecule has 1 amide bonds. The summed E-state index contributed by atoms with van der Waals surface area (Å²) < 4.78 is 10.8. The molecule has 6 nitrogen and oxygen atoms in total. The zero-order valence-electron chi connectivity index (χ0n) is 21.2. The number of aryl methyl sites for hydroxylation is 2. The largest absolute Gasteiger partial charge is 0.497 e. The van der Waals surface area contributed by atoms with Crippen molar-refractivity contribution in [2.75, 3.05) is 14.2 Å². The fourth-order valence-electron chi connectivity index (χ4n) is 4.98. The zero-order chi connectivity index (χ0) is 25.8. The Labute approximate surface area is 216 Å². The molecule has 3 aromatic rings. The summed E-state index contributed by atoms with van der Waals surface area (Å²) in [4.78, 5) is 26.7. The monoisotopic (exact) mass is 507 g/mol. The highest BCUT2D eigenvalue weighted by Gasteiger charge is 2.28. The molecule has 4 rings (SSSR count). The third kappa shape index (κ3) is 5.73. The van der Waals surface area contributed by atoms with Crippen LogP contribution in [0.25, 0.3) is 11.1 Å². The van der Waals surface area contributed by atoms with Gasteiger partial charge in [0.15, 0.2) is 0 Å². The van der Waals surface area contributed by atoms with E-state index in [2.05, 4.69) is 36.5 Å². The third-order valence-electron chi connectivity index (χ3n) is 7.04. The molecule has 1 heterocycles. The Balaban J connectivity index is 1.50. The molecule has 0 spiro atoms. The lowest BCUT2D eigenvalue weighted by Gasteiger charge is -2.27. The first-order valence-corrected chi connectivity index (χ1v) is 13.1. The molecule has 1 aromatic heterocycles. The number of carboxylic acid groups (broad SMARTS) is 1. The molecule has 0 atom stereocenters. The number of ether oxygens (including phenoxy) is 2. The minimum atomic E-state index is -0.733. The Hall–Kier alpha value is -3.32. The van der Waals surface area contributed by atoms with Gasteiger partial charge in [0.05, 0.1) is 25.7 Å². The Morgan fingerprint density at radius 2 is 1.53 bits per heavy atom. The minimum Gasteiger partial charge on any atom is -0.497 e. The van der Waals surface area contributed by atoms with Crippen LogP contribution in [0.3, 0.4) is 0 Å². The first-order chi connectivity index (χ1) is 17.3. The molecule has 7 heteroatoms. The number of methoxy groups -OCH3 is 2. The van der Waals surface area contributed by atoms with E-state index in [1.54, 1.807) is 25.6 Å². The number of amides is 1. The highest BCUT2D eigenvalue weighted by molar-refractivity contribution is 7.12. The highest BCUT2D eigenvalue weighted by Crippen LogP contribution is 2.33. The number of rotatable bonds is 8. The molecule has 2 aromatic carbocycles. The number of aliphatic carboxylic acids is 1. The van der Waals surface area contributed by atoms with Crippen molar-refractivity contribution in [3.63, 3.8) is 0 Å². The van der Waals surface area contributed by atoms with Crippen LogP contribution in [0.4, 0.5) is 0 Å². The number of benzene rings is 2. The molecule has 0 unspecified atom stereocenters. The van der Waals surface area contributed by atoms with Gasteiger partial charge in [0.2, 0.25) is 0 Å². The Bertz CT molecular complexity index is 1220. The summed E-state index contributed by atoms with van der Waals surface area (Å²) in [6.07, 6.45) is 3.31. The molecule has 190 valence electrons. The van der Waals surface area contributed by atoms with Gasteiger partial charge in [-0.25, -0.2) is 0 Å². The maximum Gasteiger partial charge on any atom is 0.306 e. The van der Waals surface area contributed by atoms with Gasteiger partial charge >= 0.3 is 5.97 Å². The van der Waals surface area contributed by atoms with Crippen molar-refractivity contribution in [1.82, 2.24) is 5.32 Å². The van der Waals surface area contributed by atoms with Crippen molar-refractivity contribution >= 4 is 23.2 Å². The van der Waals surface area contributed by atoms with E-state index in [9.17, 15) is 14.7 Å². The van der Waals surface area contributed by atoms with Crippen LogP contribution in [-0.2, 0) is 11.2 Å². The van der Waals surface area contributed by atoms with E-state index < -0.39 is 5.97 Å². The number of carbonyl (C=O) groups excluding carboxylic acids is 1. The maximum absolute atomic E-state index is 13.3. The Kier molecular flexibility index (Phi) is 7.99. The van der Waals surface area contributed by atoms with Crippen LogP contribution >= 0.6 is 11.3 Å². The molecule has 0 aliphatic heterocycles. The van der Waals surface area contributed by atoms with E-state index in [-0.39, 0.29) is 17.9 Å². The Morgan fingerprint density at radius 1 is 0.917 bits per heavy atom. The van der Waals surface area contributed by atoms with Gasteiger partial charge in [-0.05, 0) is 80.3 Å². The van der Waals surface area contributed by atoms with Crippen molar-refractivity contribution in [2.24, 2.45) is 5.92 Å². The van der Waals surface area contributed by atoms with Crippen LogP contribution in [-0.4, -0.2) is 37.2 Å². The predicted octanol–water partition coefficient (Wildman–Crippen LogP) is 6.01. The Morgan fingerprint density at radius 3 is 2.08 bits per heavy atom. The maximum atomic E-state index is 13.3. The summed E-state index contributed by atoms with van der Waals surface area (Å²) in [6, 6.07) is 14.2. The van der Waals surface area contributed by atoms with E-state index in [4.69, 9.17) is 9.47 Å². The van der Waals surface area contributed by atoms with E-state index in [0.717, 1.165) is 49.1 Å². The van der Waals surface area contributed by atoms with Gasteiger partial charge in [0.1, 0.15) is 11.5 Å². The van der Waals surface area contributed by atoms with Crippen molar-refractivity contribution in [2.45, 2.75) is 52.0 Å². The standard InChI is InChI=1S/C29H33NO5S/c1-17-26(27(18(2)36-17)28(31)30-23-11-9-21(10-12-23)29(32)33)13-19-5-7-20(8-6-19)22-14-24(34-3)16-25(15-22)35-4/h5-8,14-16,21,23H,9-13H2,1-4H3,(H,30,31)(H,32,33). The smallest absolute Gasteiger partial charge is 0.306 e. The zero-order valence-corrected chi connectivity index (χ0v) is 22.0. The van der Waals surface area contributed by atoms with Crippen molar-refractivity contribution in [3.8, 4) is 22.6 Å². The van der Waals surface area contributed by atoms with E-state index in [1.165, 1.54) is 0 Å². The topological polar surface area (TPSA) is 84.9 Å². The molecule has 1 fully saturated rings. The summed E-state index contributed by atoms with van der Waals surface area (Å²) in [7, 11) is 3.28. The molecule has 1 aliphatic carbocycles. The van der Waals surface area contributed by atoms with Crippen LogP contribution in [0.5, 0.6) is 11.5 Å². The molecular formula is C29H33NO5S. The number of hydrogen-bond acceptors (Lipinski definition) is 5. The van der Waals surface area contributed by atoms with Crippen LogP contribution in [0, 0.1) is 19.8 Å². The molecule has 0 bridgehead atoms. The first kappa shape index (κ1) is 25.8. The molecule has 1 aliphatic rings. The number of carboxylic acids is 1. The number of hydrogen-bond donors (Lipinski definition) is 2. The van der Waals surface area contributed by atoms with Gasteiger partial charge in [-0.15, -0.1) is 11.3 Å². The molecular weight excluding hydrogens is 474 g/mol. The average molecular weight is 508 g/mol. The SMILES string of the molecule is COc1cc(OC)cc(-c2ccc(Cc3c(C)sc(C)c3C(=O)NC3CCC(C(=O)O)CC3)cc2)c1. The van der Waals surface area contributed by atoms with E-state index >= 15 is 0 Å². The normalized spacial score (nSPS) is 17.4. The van der Waals surface area contributed by atoms with Crippen molar-refractivity contribution in [3.05, 3.63) is 68.9 Å². The van der Waals surface area contributed by atoms with E-state index in [1.807, 2.05) is 25.1 Å². The fourth-order valence-corrected chi connectivity index (χ4v) is 6.05. The lowest BCUT2D eigenvalue weighted by Crippen LogP contribution is -2.39. The van der Waals surface area contributed by atoms with Crippen LogP contribution < -0.4 is 14.8 Å². The molecule has 0 saturated heterocycles. The van der Waals surface area contributed by atoms with Gasteiger partial charge in [-0.1, -0.05) is 24.3 Å². The average Bonchev–Trinajstić information content (AvgIpc) is 3.16. The first-order valence-electron chi connectivity index (χ1n) is 12.2. The third-order valence-corrected chi connectivity index (χ3v) is 8.11. The number of nitrogens with one attached hydrogen (secondary N) is 1. The summed E-state index contributed by atoms with van der Waals surface area (Å²) in [5.41, 5.74) is 5.03. The molecule has 2 N–H and O–H groups in total. The predicted molar refractivity (Wildman–Crippen MR) is 142 cm³/mol. The second-order valence-electron chi connectivity index (χ2n) is 9.40. The summed E-state index contributed by atoms with van der Waals surface area (Å²) in [6.45, 7) is 4.06. The summed E-state index contributed by atoms with van der Waals surface area (Å²) >= 11 is 1.65. The van der Waals surface area contributed by atoms with Crippen molar-refractivity contribution < 1.29 is 24.2 Å². The second-order valence-corrected chi connectivity index (χ2v) is 10.8. The molecule has 1 saturated carbocycles. The van der Waals surface area contributed by atoms with Crippen molar-refractivity contribution in [1.29, 1.82) is 0 Å².